The van der Waals surface area contributed by atoms with Gasteiger partial charge in [0.15, 0.2) is 0 Å². The average Bonchev–Trinajstić information content (AvgIpc) is 2.04. The Bertz CT molecular complexity index is 345. The molecule has 1 aromatic rings. The maximum Gasteiger partial charge on any atom is 0.260 e. The highest BCUT2D eigenvalue weighted by Gasteiger charge is 2.02. The van der Waals surface area contributed by atoms with E-state index in [0.29, 0.717) is 11.3 Å². The summed E-state index contributed by atoms with van der Waals surface area (Å²) in [5.41, 5.74) is 0.417. The lowest BCUT2D eigenvalue weighted by atomic mass is 10.2. The number of hydrogen-bond donors (Lipinski definition) is 0. The quantitative estimate of drug-likeness (QED) is 0.512. The Kier molecular flexibility index (Phi) is 3.03. The second-order valence-corrected chi connectivity index (χ2v) is 2.89. The number of rotatable bonds is 1. The van der Waals surface area contributed by atoms with Gasteiger partial charge in [0.2, 0.25) is 0 Å². The Balaban J connectivity index is 2.99. The maximum absolute atomic E-state index is 8.61. The Hall–Kier alpha value is -1.11. The molecule has 0 saturated carbocycles. The summed E-state index contributed by atoms with van der Waals surface area (Å²) < 4.78 is 4.80. The molecule has 0 aliphatic carbocycles. The molecule has 0 unspecified atom stereocenters. The van der Waals surface area contributed by atoms with Crippen molar-refractivity contribution in [2.24, 2.45) is 0 Å². The van der Waals surface area contributed by atoms with E-state index in [1.165, 1.54) is 0 Å². The summed E-state index contributed by atoms with van der Waals surface area (Å²) in [7, 11) is 0. The molecule has 0 aromatic heterocycles. The van der Waals surface area contributed by atoms with E-state index in [1.54, 1.807) is 24.3 Å². The predicted octanol–water partition coefficient (Wildman–Crippen LogP) is 2.46. The maximum atomic E-state index is 8.61. The summed E-state index contributed by atoms with van der Waals surface area (Å²) in [6.45, 7) is 0. The summed E-state index contributed by atoms with van der Waals surface area (Å²) >= 11 is 9.86. The van der Waals surface area contributed by atoms with Gasteiger partial charge in [0.25, 0.3) is 4.51 Å². The third kappa shape index (κ3) is 2.19. The summed E-state index contributed by atoms with van der Waals surface area (Å²) in [4.78, 5) is 0. The van der Waals surface area contributed by atoms with Gasteiger partial charge in [0.1, 0.15) is 11.8 Å². The molecule has 0 saturated heterocycles. The van der Waals surface area contributed by atoms with Gasteiger partial charge in [-0.2, -0.15) is 5.26 Å². The number of nitrogens with zero attached hydrogens (tertiary/aromatic N) is 1. The van der Waals surface area contributed by atoms with Gasteiger partial charge in [0, 0.05) is 0 Å². The van der Waals surface area contributed by atoms with Gasteiger partial charge in [-0.3, -0.25) is 0 Å². The Morgan fingerprint density at radius 3 is 2.75 bits per heavy atom. The van der Waals surface area contributed by atoms with Crippen LogP contribution >= 0.6 is 23.8 Å². The predicted molar refractivity (Wildman–Crippen MR) is 50.2 cm³/mol. The van der Waals surface area contributed by atoms with Crippen LogP contribution in [0.3, 0.4) is 0 Å². The molecule has 0 heterocycles. The molecule has 0 bridgehead atoms. The minimum Gasteiger partial charge on any atom is -0.434 e. The number of nitriles is 1. The molecule has 2 nitrogen and oxygen atoms in total. The van der Waals surface area contributed by atoms with Gasteiger partial charge < -0.3 is 4.74 Å². The van der Waals surface area contributed by atoms with E-state index in [2.05, 4.69) is 12.2 Å². The zero-order chi connectivity index (χ0) is 8.97. The first-order valence-corrected chi connectivity index (χ1v) is 3.89. The van der Waals surface area contributed by atoms with Crippen LogP contribution in [-0.4, -0.2) is 4.51 Å². The van der Waals surface area contributed by atoms with Crippen LogP contribution < -0.4 is 4.74 Å². The van der Waals surface area contributed by atoms with Crippen LogP contribution in [0, 0.1) is 11.3 Å². The van der Waals surface area contributed by atoms with Crippen molar-refractivity contribution in [3.8, 4) is 11.8 Å². The van der Waals surface area contributed by atoms with E-state index < -0.39 is 0 Å². The first-order valence-electron chi connectivity index (χ1n) is 3.10. The number of halogens is 1. The molecule has 12 heavy (non-hydrogen) atoms. The van der Waals surface area contributed by atoms with Crippen molar-refractivity contribution in [3.63, 3.8) is 0 Å². The fourth-order valence-corrected chi connectivity index (χ4v) is 0.907. The van der Waals surface area contributed by atoms with Crippen LogP contribution in [-0.2, 0) is 0 Å². The van der Waals surface area contributed by atoms with Crippen molar-refractivity contribution in [1.82, 2.24) is 0 Å². The molecule has 0 aliphatic rings. The first-order chi connectivity index (χ1) is 5.74. The third-order valence-corrected chi connectivity index (χ3v) is 1.36. The molecule has 4 heteroatoms. The van der Waals surface area contributed by atoms with E-state index >= 15 is 0 Å². The topological polar surface area (TPSA) is 33.0 Å². The normalized spacial score (nSPS) is 8.67. The highest BCUT2D eigenvalue weighted by atomic mass is 35.5. The number of para-hydroxylation sites is 1. The molecule has 0 N–H and O–H groups in total. The second kappa shape index (κ2) is 4.05. The van der Waals surface area contributed by atoms with Gasteiger partial charge in [0.05, 0.1) is 5.56 Å². The lowest BCUT2D eigenvalue weighted by molar-refractivity contribution is 0.575. The highest BCUT2D eigenvalue weighted by Crippen LogP contribution is 2.17. The lowest BCUT2D eigenvalue weighted by Gasteiger charge is -2.01. The Morgan fingerprint density at radius 1 is 1.50 bits per heavy atom. The highest BCUT2D eigenvalue weighted by molar-refractivity contribution is 7.82. The SMILES string of the molecule is N#Cc1ccccc1OC(=S)Cl. The summed E-state index contributed by atoms with van der Waals surface area (Å²) in [5.74, 6) is 0.389. The van der Waals surface area contributed by atoms with Crippen LogP contribution in [0.5, 0.6) is 5.75 Å². The van der Waals surface area contributed by atoms with Crippen molar-refractivity contribution in [1.29, 1.82) is 5.26 Å². The molecule has 0 amide bonds. The van der Waals surface area contributed by atoms with Crippen molar-refractivity contribution in [3.05, 3.63) is 29.8 Å². The van der Waals surface area contributed by atoms with Crippen LogP contribution in [0.1, 0.15) is 5.56 Å². The van der Waals surface area contributed by atoms with Gasteiger partial charge in [-0.05, 0) is 36.0 Å². The van der Waals surface area contributed by atoms with Crippen LogP contribution in [0.25, 0.3) is 0 Å². The van der Waals surface area contributed by atoms with Crippen LogP contribution in [0.2, 0.25) is 0 Å². The average molecular weight is 198 g/mol. The molecule has 0 radical (unpaired) electrons. The molecule has 1 aromatic carbocycles. The zero-order valence-electron chi connectivity index (χ0n) is 5.95. The fraction of sp³-hybridized carbons (Fsp3) is 0. The van der Waals surface area contributed by atoms with Crippen molar-refractivity contribution in [2.45, 2.75) is 0 Å². The van der Waals surface area contributed by atoms with E-state index in [0.717, 1.165) is 0 Å². The minimum absolute atomic E-state index is 0.113. The largest absolute Gasteiger partial charge is 0.434 e. The number of benzene rings is 1. The van der Waals surface area contributed by atoms with E-state index in [9.17, 15) is 0 Å². The smallest absolute Gasteiger partial charge is 0.260 e. The monoisotopic (exact) mass is 197 g/mol. The summed E-state index contributed by atoms with van der Waals surface area (Å²) in [6, 6.07) is 8.70. The van der Waals surface area contributed by atoms with Crippen molar-refractivity contribution >= 4 is 28.3 Å². The molecule has 0 fully saturated rings. The Labute approximate surface area is 80.3 Å². The Morgan fingerprint density at radius 2 is 2.17 bits per heavy atom. The molecular formula is C8H4ClNOS. The van der Waals surface area contributed by atoms with Gasteiger partial charge in [-0.25, -0.2) is 0 Å². The molecule has 60 valence electrons. The molecule has 0 spiro atoms. The molecule has 0 atom stereocenters. The lowest BCUT2D eigenvalue weighted by Crippen LogP contribution is -1.97. The van der Waals surface area contributed by atoms with Gasteiger partial charge >= 0.3 is 0 Å². The second-order valence-electron chi connectivity index (χ2n) is 1.95. The fourth-order valence-electron chi connectivity index (χ4n) is 0.734. The molecular weight excluding hydrogens is 194 g/mol. The minimum atomic E-state index is -0.113. The number of thiocarbonyl (C=S) groups is 1. The summed E-state index contributed by atoms with van der Waals surface area (Å²) in [6.07, 6.45) is 0. The standard InChI is InChI=1S/C8H4ClNOS/c9-8(12)11-7-4-2-1-3-6(7)5-10/h1-4H. The zero-order valence-corrected chi connectivity index (χ0v) is 7.52. The van der Waals surface area contributed by atoms with Crippen LogP contribution in [0.15, 0.2) is 24.3 Å². The summed E-state index contributed by atoms with van der Waals surface area (Å²) in [5, 5.41) is 8.61. The molecule has 0 aliphatic heterocycles. The van der Waals surface area contributed by atoms with Crippen LogP contribution in [0.4, 0.5) is 0 Å². The van der Waals surface area contributed by atoms with E-state index in [4.69, 9.17) is 21.6 Å². The molecule has 1 rings (SSSR count). The van der Waals surface area contributed by atoms with E-state index in [1.807, 2.05) is 6.07 Å². The first kappa shape index (κ1) is 8.98. The van der Waals surface area contributed by atoms with Crippen molar-refractivity contribution in [2.75, 3.05) is 0 Å². The van der Waals surface area contributed by atoms with Gasteiger partial charge in [-0.15, -0.1) is 0 Å². The van der Waals surface area contributed by atoms with Gasteiger partial charge in [-0.1, -0.05) is 12.1 Å². The number of hydrogen-bond acceptors (Lipinski definition) is 3. The van der Waals surface area contributed by atoms with Crippen molar-refractivity contribution < 1.29 is 4.74 Å². The number of ether oxygens (including phenoxy) is 1. The third-order valence-electron chi connectivity index (χ3n) is 1.20. The van der Waals surface area contributed by atoms with E-state index in [-0.39, 0.29) is 4.51 Å².